The Morgan fingerprint density at radius 2 is 1.89 bits per heavy atom. The highest BCUT2D eigenvalue weighted by molar-refractivity contribution is 5.35. The molecular formula is C15H19NO2. The zero-order valence-corrected chi connectivity index (χ0v) is 11.0. The van der Waals surface area contributed by atoms with E-state index < -0.39 is 0 Å². The van der Waals surface area contributed by atoms with E-state index >= 15 is 0 Å². The van der Waals surface area contributed by atoms with Gasteiger partial charge in [-0.2, -0.15) is 9.59 Å². The van der Waals surface area contributed by atoms with Crippen LogP contribution < -0.4 is 0 Å². The molecule has 18 heavy (non-hydrogen) atoms. The highest BCUT2D eigenvalue weighted by atomic mass is 16.2. The maximum atomic E-state index is 8.12. The van der Waals surface area contributed by atoms with E-state index in [-0.39, 0.29) is 17.1 Å². The van der Waals surface area contributed by atoms with Crippen molar-refractivity contribution in [1.82, 2.24) is 0 Å². The Balaban J connectivity index is 0.000000492. The summed E-state index contributed by atoms with van der Waals surface area (Å²) < 4.78 is 0. The van der Waals surface area contributed by atoms with Crippen LogP contribution in [0.25, 0.3) is 4.85 Å². The fourth-order valence-electron chi connectivity index (χ4n) is 3.07. The molecule has 0 saturated heterocycles. The molecule has 0 N–H and O–H groups in total. The first-order chi connectivity index (χ1) is 8.52. The second kappa shape index (κ2) is 5.80. The minimum Gasteiger partial charge on any atom is -0.306 e. The molecule has 0 spiro atoms. The van der Waals surface area contributed by atoms with E-state index in [0.717, 1.165) is 19.3 Å². The Labute approximate surface area is 108 Å². The van der Waals surface area contributed by atoms with E-state index in [2.05, 4.69) is 36.9 Å². The van der Waals surface area contributed by atoms with Crippen molar-refractivity contribution in [2.75, 3.05) is 0 Å². The molecule has 0 aliphatic heterocycles. The topological polar surface area (TPSA) is 38.5 Å². The number of hydrogen-bond donors (Lipinski definition) is 0. The van der Waals surface area contributed by atoms with Gasteiger partial charge in [0, 0.05) is 18.9 Å². The van der Waals surface area contributed by atoms with Crippen LogP contribution >= 0.6 is 0 Å². The van der Waals surface area contributed by atoms with Crippen molar-refractivity contribution in [3.05, 3.63) is 35.2 Å². The average molecular weight is 245 g/mol. The molecule has 2 aliphatic carbocycles. The van der Waals surface area contributed by atoms with Crippen molar-refractivity contribution >= 4 is 6.15 Å². The predicted molar refractivity (Wildman–Crippen MR) is 68.4 cm³/mol. The highest BCUT2D eigenvalue weighted by Crippen LogP contribution is 2.49. The first kappa shape index (κ1) is 14.4. The summed E-state index contributed by atoms with van der Waals surface area (Å²) >= 11 is 0. The predicted octanol–water partition coefficient (Wildman–Crippen LogP) is 3.55. The van der Waals surface area contributed by atoms with Crippen LogP contribution in [-0.2, 0) is 9.59 Å². The number of nitrogens with zero attached hydrogens (tertiary/aromatic N) is 1. The van der Waals surface area contributed by atoms with Crippen LogP contribution in [0.4, 0.5) is 0 Å². The zero-order valence-electron chi connectivity index (χ0n) is 11.0. The molecule has 0 amide bonds. The van der Waals surface area contributed by atoms with Gasteiger partial charge in [-0.05, 0) is 31.1 Å². The van der Waals surface area contributed by atoms with Crippen molar-refractivity contribution in [2.45, 2.75) is 51.5 Å². The van der Waals surface area contributed by atoms with Gasteiger partial charge in [-0.25, -0.2) is 6.57 Å². The minimum absolute atomic E-state index is 0.250. The lowest BCUT2D eigenvalue weighted by molar-refractivity contribution is -0.191. The van der Waals surface area contributed by atoms with E-state index in [0.29, 0.717) is 0 Å². The Bertz CT molecular complexity index is 438. The normalized spacial score (nSPS) is 33.7. The van der Waals surface area contributed by atoms with Gasteiger partial charge in [-0.15, -0.1) is 0 Å². The molecule has 0 fully saturated rings. The summed E-state index contributed by atoms with van der Waals surface area (Å²) in [4.78, 5) is 20.1. The van der Waals surface area contributed by atoms with Crippen LogP contribution in [0.1, 0.15) is 46.0 Å². The lowest BCUT2D eigenvalue weighted by Crippen LogP contribution is -2.34. The quantitative estimate of drug-likeness (QED) is 0.483. The Kier molecular flexibility index (Phi) is 4.64. The first-order valence-corrected chi connectivity index (χ1v) is 6.26. The molecule has 0 aromatic carbocycles. The van der Waals surface area contributed by atoms with Crippen LogP contribution in [-0.4, -0.2) is 11.7 Å². The summed E-state index contributed by atoms with van der Waals surface area (Å²) in [5.74, 6) is 0. The van der Waals surface area contributed by atoms with Crippen molar-refractivity contribution in [2.24, 2.45) is 5.41 Å². The van der Waals surface area contributed by atoms with Crippen molar-refractivity contribution < 1.29 is 9.59 Å². The number of carbonyl (C=O) groups excluding carboxylic acids is 2. The second-order valence-electron chi connectivity index (χ2n) is 5.42. The molecule has 0 saturated carbocycles. The lowest BCUT2D eigenvalue weighted by atomic mass is 9.66. The number of rotatable bonds is 0. The average Bonchev–Trinajstić information content (AvgIpc) is 2.48. The fraction of sp³-hybridized carbons (Fsp3) is 0.600. The van der Waals surface area contributed by atoms with Gasteiger partial charge in [0.2, 0.25) is 0 Å². The molecular weight excluding hydrogens is 226 g/mol. The molecule has 3 heteroatoms. The van der Waals surface area contributed by atoms with Gasteiger partial charge < -0.3 is 4.85 Å². The van der Waals surface area contributed by atoms with E-state index in [1.165, 1.54) is 18.4 Å². The molecule has 0 aromatic heterocycles. The van der Waals surface area contributed by atoms with E-state index in [4.69, 9.17) is 16.2 Å². The number of hydrogen-bond acceptors (Lipinski definition) is 2. The van der Waals surface area contributed by atoms with Gasteiger partial charge in [0.1, 0.15) is 0 Å². The molecule has 0 aromatic rings. The first-order valence-electron chi connectivity index (χ1n) is 6.26. The standard InChI is InChI=1S/C14H19N.CO2/c1-13-9-5-4-8-12(13)14(2,15-3)11-7-6-10-13;2-1-3/h6-8H,4-5,9-11H2,1-2H3;. The van der Waals surface area contributed by atoms with E-state index in [9.17, 15) is 0 Å². The third kappa shape index (κ3) is 2.78. The summed E-state index contributed by atoms with van der Waals surface area (Å²) in [6.45, 7) is 11.9. The lowest BCUT2D eigenvalue weighted by Gasteiger charge is -2.37. The van der Waals surface area contributed by atoms with E-state index in [1.807, 2.05) is 0 Å². The van der Waals surface area contributed by atoms with Gasteiger partial charge in [0.05, 0.1) is 0 Å². The maximum Gasteiger partial charge on any atom is 0.373 e. The number of fused-ring (bicyclic) bond motifs is 1. The van der Waals surface area contributed by atoms with Crippen LogP contribution in [0, 0.1) is 12.0 Å². The third-order valence-corrected chi connectivity index (χ3v) is 4.01. The van der Waals surface area contributed by atoms with Gasteiger partial charge >= 0.3 is 6.15 Å². The van der Waals surface area contributed by atoms with E-state index in [1.54, 1.807) is 0 Å². The smallest absolute Gasteiger partial charge is 0.306 e. The molecule has 2 unspecified atom stereocenters. The second-order valence-corrected chi connectivity index (χ2v) is 5.42. The molecule has 2 rings (SSSR count). The molecule has 96 valence electrons. The summed E-state index contributed by atoms with van der Waals surface area (Å²) in [6.07, 6.45) is 12.8. The molecule has 0 bridgehead atoms. The van der Waals surface area contributed by atoms with Crippen molar-refractivity contribution in [3.8, 4) is 0 Å². The van der Waals surface area contributed by atoms with Crippen molar-refractivity contribution in [1.29, 1.82) is 0 Å². The van der Waals surface area contributed by atoms with Gasteiger partial charge in [0.25, 0.3) is 5.54 Å². The molecule has 0 radical (unpaired) electrons. The fourth-order valence-corrected chi connectivity index (χ4v) is 3.07. The summed E-state index contributed by atoms with van der Waals surface area (Å²) in [5.41, 5.74) is 1.38. The van der Waals surface area contributed by atoms with Crippen molar-refractivity contribution in [3.63, 3.8) is 0 Å². The SMILES string of the molecule is O=C=O.[C-]#[N+]C1(C)CC=CCC2(C)CCCC=C21. The summed E-state index contributed by atoms with van der Waals surface area (Å²) in [5, 5.41) is 0. The monoisotopic (exact) mass is 245 g/mol. The van der Waals surface area contributed by atoms with Gasteiger partial charge in [0.15, 0.2) is 0 Å². The summed E-state index contributed by atoms with van der Waals surface area (Å²) in [7, 11) is 0. The molecule has 3 nitrogen and oxygen atoms in total. The molecule has 2 aliphatic rings. The molecule has 2 atom stereocenters. The van der Waals surface area contributed by atoms with Gasteiger partial charge in [-0.3, -0.25) is 0 Å². The largest absolute Gasteiger partial charge is 0.373 e. The minimum atomic E-state index is -0.276. The maximum absolute atomic E-state index is 8.12. The van der Waals surface area contributed by atoms with Gasteiger partial charge in [-0.1, -0.05) is 25.2 Å². The molecule has 0 heterocycles. The Morgan fingerprint density at radius 3 is 2.50 bits per heavy atom. The van der Waals surface area contributed by atoms with Crippen LogP contribution in [0.2, 0.25) is 0 Å². The third-order valence-electron chi connectivity index (χ3n) is 4.01. The number of allylic oxidation sites excluding steroid dienone is 2. The highest BCUT2D eigenvalue weighted by Gasteiger charge is 2.46. The summed E-state index contributed by atoms with van der Waals surface area (Å²) in [6, 6.07) is 0. The zero-order chi connectivity index (χ0) is 13.6. The Hall–Kier alpha value is -1.65. The van der Waals surface area contributed by atoms with Crippen LogP contribution in [0.3, 0.4) is 0 Å². The Morgan fingerprint density at radius 1 is 1.28 bits per heavy atom. The van der Waals surface area contributed by atoms with Crippen LogP contribution in [0.15, 0.2) is 23.8 Å². The van der Waals surface area contributed by atoms with Crippen LogP contribution in [0.5, 0.6) is 0 Å².